The van der Waals surface area contributed by atoms with Crippen LogP contribution in [0.2, 0.25) is 0 Å². The molecule has 1 atom stereocenters. The minimum atomic E-state index is -1.07. The third-order valence-corrected chi connectivity index (χ3v) is 2.86. The summed E-state index contributed by atoms with van der Waals surface area (Å²) in [6.07, 6.45) is -0.787. The molecule has 5 nitrogen and oxygen atoms in total. The molecule has 1 aromatic rings. The Hall–Kier alpha value is -1.11. The zero-order valence-corrected chi connectivity index (χ0v) is 12.4. The molecule has 0 radical (unpaired) electrons. The number of hydrogen-bond donors (Lipinski definition) is 2. The molecule has 0 bridgehead atoms. The predicted octanol–water partition coefficient (Wildman–Crippen LogP) is 2.23. The number of carboxylic acid groups (broad SMARTS) is 1. The quantitative estimate of drug-likeness (QED) is 0.800. The van der Waals surface area contributed by atoms with Crippen LogP contribution in [0.4, 0.5) is 0 Å². The van der Waals surface area contributed by atoms with Crippen LogP contribution in [0.25, 0.3) is 0 Å². The summed E-state index contributed by atoms with van der Waals surface area (Å²) in [5, 5.41) is 18.7. The maximum Gasteiger partial charge on any atom is 0.339 e. The molecule has 1 rings (SSSR count). The standard InChI is InChI=1S/C13H17BrO5/c1-3-18-6-10(15)7-19-12-8(2)4-9(14)5-11(12)13(16)17/h4-5,10,15H,3,6-7H2,1-2H3,(H,16,17). The van der Waals surface area contributed by atoms with Crippen molar-refractivity contribution in [3.05, 3.63) is 27.7 Å². The molecule has 0 aromatic heterocycles. The van der Waals surface area contributed by atoms with Gasteiger partial charge in [-0.2, -0.15) is 0 Å². The molecule has 0 saturated carbocycles. The second kappa shape index (κ2) is 7.47. The summed E-state index contributed by atoms with van der Waals surface area (Å²) in [5.74, 6) is -0.801. The Morgan fingerprint density at radius 3 is 2.68 bits per heavy atom. The maximum absolute atomic E-state index is 11.2. The van der Waals surface area contributed by atoms with Crippen LogP contribution in [-0.2, 0) is 4.74 Å². The third kappa shape index (κ3) is 4.81. The first-order valence-corrected chi connectivity index (χ1v) is 6.67. The summed E-state index contributed by atoms with van der Waals surface area (Å²) < 4.78 is 11.1. The van der Waals surface area contributed by atoms with Crippen molar-refractivity contribution in [1.82, 2.24) is 0 Å². The van der Waals surface area contributed by atoms with E-state index in [1.54, 1.807) is 13.0 Å². The molecule has 0 saturated heterocycles. The van der Waals surface area contributed by atoms with Gasteiger partial charge in [0.2, 0.25) is 0 Å². The van der Waals surface area contributed by atoms with Crippen molar-refractivity contribution in [2.75, 3.05) is 19.8 Å². The Kier molecular flexibility index (Phi) is 6.27. The number of benzene rings is 1. The van der Waals surface area contributed by atoms with Gasteiger partial charge in [-0.25, -0.2) is 4.79 Å². The zero-order chi connectivity index (χ0) is 14.4. The highest BCUT2D eigenvalue weighted by Crippen LogP contribution is 2.28. The topological polar surface area (TPSA) is 76.0 Å². The monoisotopic (exact) mass is 332 g/mol. The Balaban J connectivity index is 2.80. The number of ether oxygens (including phenoxy) is 2. The number of rotatable bonds is 7. The van der Waals surface area contributed by atoms with Crippen LogP contribution in [0.3, 0.4) is 0 Å². The van der Waals surface area contributed by atoms with Gasteiger partial charge in [-0.1, -0.05) is 15.9 Å². The lowest BCUT2D eigenvalue weighted by molar-refractivity contribution is 0.0159. The highest BCUT2D eigenvalue weighted by molar-refractivity contribution is 9.10. The summed E-state index contributed by atoms with van der Waals surface area (Å²) in [4.78, 5) is 11.2. The zero-order valence-electron chi connectivity index (χ0n) is 10.9. The van der Waals surface area contributed by atoms with Crippen LogP contribution < -0.4 is 4.74 Å². The number of carbonyl (C=O) groups is 1. The van der Waals surface area contributed by atoms with Crippen molar-refractivity contribution in [2.45, 2.75) is 20.0 Å². The number of aliphatic hydroxyl groups is 1. The van der Waals surface area contributed by atoms with Crippen LogP contribution >= 0.6 is 15.9 Å². The molecule has 0 aliphatic carbocycles. The smallest absolute Gasteiger partial charge is 0.339 e. The number of aryl methyl sites for hydroxylation is 1. The molecular weight excluding hydrogens is 316 g/mol. The summed E-state index contributed by atoms with van der Waals surface area (Å²) in [6, 6.07) is 3.23. The van der Waals surface area contributed by atoms with E-state index in [-0.39, 0.29) is 24.5 Å². The van der Waals surface area contributed by atoms with Gasteiger partial charge >= 0.3 is 5.97 Å². The Morgan fingerprint density at radius 2 is 2.11 bits per heavy atom. The molecule has 2 N–H and O–H groups in total. The highest BCUT2D eigenvalue weighted by Gasteiger charge is 2.16. The van der Waals surface area contributed by atoms with Gasteiger partial charge in [-0.15, -0.1) is 0 Å². The molecule has 19 heavy (non-hydrogen) atoms. The second-order valence-corrected chi connectivity index (χ2v) is 4.94. The van der Waals surface area contributed by atoms with Gasteiger partial charge in [0.15, 0.2) is 0 Å². The van der Waals surface area contributed by atoms with Gasteiger partial charge in [0.25, 0.3) is 0 Å². The summed E-state index contributed by atoms with van der Waals surface area (Å²) in [5.41, 5.74) is 0.755. The molecule has 106 valence electrons. The van der Waals surface area contributed by atoms with Gasteiger partial charge in [-0.3, -0.25) is 0 Å². The van der Waals surface area contributed by atoms with Crippen LogP contribution in [0, 0.1) is 6.92 Å². The molecule has 0 aliphatic rings. The molecule has 6 heteroatoms. The van der Waals surface area contributed by atoms with Crippen molar-refractivity contribution in [1.29, 1.82) is 0 Å². The molecular formula is C13H17BrO5. The van der Waals surface area contributed by atoms with E-state index in [0.29, 0.717) is 16.6 Å². The molecule has 1 unspecified atom stereocenters. The van der Waals surface area contributed by atoms with Crippen molar-refractivity contribution in [2.24, 2.45) is 0 Å². The SMILES string of the molecule is CCOCC(O)COc1c(C)cc(Br)cc1C(=O)O. The van der Waals surface area contributed by atoms with Crippen molar-refractivity contribution < 1.29 is 24.5 Å². The fraction of sp³-hybridized carbons (Fsp3) is 0.462. The van der Waals surface area contributed by atoms with E-state index in [2.05, 4.69) is 15.9 Å². The van der Waals surface area contributed by atoms with Crippen molar-refractivity contribution in [3.8, 4) is 5.75 Å². The first-order chi connectivity index (χ1) is 8.95. The van der Waals surface area contributed by atoms with E-state index >= 15 is 0 Å². The maximum atomic E-state index is 11.2. The highest BCUT2D eigenvalue weighted by atomic mass is 79.9. The van der Waals surface area contributed by atoms with Crippen LogP contribution in [0.15, 0.2) is 16.6 Å². The molecule has 0 fully saturated rings. The van der Waals surface area contributed by atoms with E-state index in [9.17, 15) is 9.90 Å². The molecule has 0 spiro atoms. The molecule has 0 heterocycles. The molecule has 0 amide bonds. The number of aliphatic hydroxyl groups excluding tert-OH is 1. The van der Waals surface area contributed by atoms with Crippen LogP contribution in [-0.4, -0.2) is 42.1 Å². The first kappa shape index (κ1) is 15.9. The average Bonchev–Trinajstić information content (AvgIpc) is 2.34. The fourth-order valence-electron chi connectivity index (χ4n) is 1.56. The molecule has 0 aliphatic heterocycles. The Morgan fingerprint density at radius 1 is 1.42 bits per heavy atom. The van der Waals surface area contributed by atoms with E-state index in [0.717, 1.165) is 0 Å². The van der Waals surface area contributed by atoms with Gasteiger partial charge in [0.05, 0.1) is 6.61 Å². The van der Waals surface area contributed by atoms with Crippen LogP contribution in [0.1, 0.15) is 22.8 Å². The fourth-order valence-corrected chi connectivity index (χ4v) is 2.13. The van der Waals surface area contributed by atoms with E-state index in [1.165, 1.54) is 6.07 Å². The lowest BCUT2D eigenvalue weighted by Crippen LogP contribution is -2.24. The van der Waals surface area contributed by atoms with Gasteiger partial charge in [-0.05, 0) is 31.5 Å². The number of halogens is 1. The van der Waals surface area contributed by atoms with Gasteiger partial charge in [0.1, 0.15) is 24.0 Å². The summed E-state index contributed by atoms with van der Waals surface area (Å²) in [6.45, 7) is 4.24. The van der Waals surface area contributed by atoms with Crippen molar-refractivity contribution in [3.63, 3.8) is 0 Å². The normalized spacial score (nSPS) is 12.2. The Bertz CT molecular complexity index is 447. The van der Waals surface area contributed by atoms with Crippen LogP contribution in [0.5, 0.6) is 5.75 Å². The largest absolute Gasteiger partial charge is 0.490 e. The minimum absolute atomic E-state index is 0.0112. The predicted molar refractivity (Wildman–Crippen MR) is 73.8 cm³/mol. The lowest BCUT2D eigenvalue weighted by atomic mass is 10.1. The molecule has 1 aromatic carbocycles. The Labute approximate surface area is 120 Å². The average molecular weight is 333 g/mol. The number of hydrogen-bond acceptors (Lipinski definition) is 4. The van der Waals surface area contributed by atoms with Crippen molar-refractivity contribution >= 4 is 21.9 Å². The van der Waals surface area contributed by atoms with E-state index in [1.807, 2.05) is 6.92 Å². The number of aromatic carboxylic acids is 1. The summed E-state index contributed by atoms with van der Waals surface area (Å²) >= 11 is 3.24. The third-order valence-electron chi connectivity index (χ3n) is 2.40. The number of carboxylic acids is 1. The van der Waals surface area contributed by atoms with Gasteiger partial charge in [0, 0.05) is 11.1 Å². The van der Waals surface area contributed by atoms with E-state index in [4.69, 9.17) is 14.6 Å². The second-order valence-electron chi connectivity index (χ2n) is 4.03. The lowest BCUT2D eigenvalue weighted by Gasteiger charge is -2.15. The van der Waals surface area contributed by atoms with E-state index < -0.39 is 12.1 Å². The summed E-state index contributed by atoms with van der Waals surface area (Å²) in [7, 11) is 0. The van der Waals surface area contributed by atoms with Gasteiger partial charge < -0.3 is 19.7 Å². The minimum Gasteiger partial charge on any atom is -0.490 e. The first-order valence-electron chi connectivity index (χ1n) is 5.87.